The van der Waals surface area contributed by atoms with E-state index in [4.69, 9.17) is 5.26 Å². The molecule has 0 bridgehead atoms. The monoisotopic (exact) mass is 347 g/mol. The van der Waals surface area contributed by atoms with Gasteiger partial charge in [0.05, 0.1) is 16.9 Å². The molecule has 3 rings (SSSR count). The minimum absolute atomic E-state index is 0.152. The minimum atomic E-state index is -3.08. The number of carbonyl (C=O) groups excluding carboxylic acids is 1. The number of nitriles is 1. The molecule has 0 unspecified atom stereocenters. The van der Waals surface area contributed by atoms with Crippen molar-refractivity contribution in [3.05, 3.63) is 35.4 Å². The average molecular weight is 347 g/mol. The molecule has 6 nitrogen and oxygen atoms in total. The zero-order valence-corrected chi connectivity index (χ0v) is 14.3. The van der Waals surface area contributed by atoms with E-state index in [1.807, 2.05) is 6.07 Å². The number of nitrogens with zero attached hydrogens (tertiary/aromatic N) is 2. The van der Waals surface area contributed by atoms with E-state index in [1.165, 1.54) is 0 Å². The number of rotatable bonds is 5. The minimum Gasteiger partial charge on any atom is -0.352 e. The lowest BCUT2D eigenvalue weighted by Crippen LogP contribution is -2.42. The number of hydrogen-bond acceptors (Lipinski definition) is 4. The number of carbonyl (C=O) groups is 1. The summed E-state index contributed by atoms with van der Waals surface area (Å²) in [5, 5.41) is 11.6. The third kappa shape index (κ3) is 3.77. The number of sulfonamides is 1. The summed E-state index contributed by atoms with van der Waals surface area (Å²) >= 11 is 0. The Morgan fingerprint density at radius 2 is 1.96 bits per heavy atom. The molecule has 7 heteroatoms. The molecule has 1 saturated carbocycles. The molecular weight excluding hydrogens is 326 g/mol. The maximum atomic E-state index is 12.2. The molecule has 1 N–H and O–H groups in total. The van der Waals surface area contributed by atoms with E-state index < -0.39 is 10.0 Å². The Labute approximate surface area is 142 Å². The number of benzene rings is 1. The largest absolute Gasteiger partial charge is 0.352 e. The standard InChI is InChI=1S/C17H21N3O3S/c18-11-14-2-1-3-15(10-14)17(21)19-12-13-6-8-20(9-7-13)24(22,23)16-4-5-16/h1-3,10,13,16H,4-9,12H2,(H,19,21). The van der Waals surface area contributed by atoms with Crippen LogP contribution in [0.5, 0.6) is 0 Å². The van der Waals surface area contributed by atoms with E-state index in [1.54, 1.807) is 28.6 Å². The van der Waals surface area contributed by atoms with Crippen molar-refractivity contribution < 1.29 is 13.2 Å². The van der Waals surface area contributed by atoms with Gasteiger partial charge in [0.1, 0.15) is 0 Å². The van der Waals surface area contributed by atoms with Gasteiger partial charge in [-0.15, -0.1) is 0 Å². The van der Waals surface area contributed by atoms with Crippen LogP contribution in [0.15, 0.2) is 24.3 Å². The van der Waals surface area contributed by atoms with Crippen LogP contribution in [0.3, 0.4) is 0 Å². The molecule has 1 aromatic carbocycles. The highest BCUT2D eigenvalue weighted by Gasteiger charge is 2.41. The predicted molar refractivity (Wildman–Crippen MR) is 89.7 cm³/mol. The van der Waals surface area contributed by atoms with Crippen LogP contribution in [0.25, 0.3) is 0 Å². The van der Waals surface area contributed by atoms with Crippen LogP contribution < -0.4 is 5.32 Å². The third-order valence-corrected chi connectivity index (χ3v) is 7.08. The Morgan fingerprint density at radius 3 is 2.58 bits per heavy atom. The fourth-order valence-electron chi connectivity index (χ4n) is 3.01. The highest BCUT2D eigenvalue weighted by molar-refractivity contribution is 7.90. The molecule has 1 saturated heterocycles. The highest BCUT2D eigenvalue weighted by Crippen LogP contribution is 2.33. The smallest absolute Gasteiger partial charge is 0.251 e. The van der Waals surface area contributed by atoms with E-state index in [-0.39, 0.29) is 11.2 Å². The normalized spacial score (nSPS) is 19.6. The Kier molecular flexibility index (Phi) is 4.88. The number of amides is 1. The first-order valence-corrected chi connectivity index (χ1v) is 9.78. The van der Waals surface area contributed by atoms with E-state index in [2.05, 4.69) is 5.32 Å². The first-order valence-electron chi connectivity index (χ1n) is 8.28. The van der Waals surface area contributed by atoms with Gasteiger partial charge in [-0.2, -0.15) is 5.26 Å². The lowest BCUT2D eigenvalue weighted by molar-refractivity contribution is 0.0941. The van der Waals surface area contributed by atoms with Crippen LogP contribution in [0, 0.1) is 17.2 Å². The Morgan fingerprint density at radius 1 is 1.25 bits per heavy atom. The molecule has 1 amide bonds. The van der Waals surface area contributed by atoms with Crippen LogP contribution in [0.1, 0.15) is 41.6 Å². The van der Waals surface area contributed by atoms with Gasteiger partial charge in [-0.05, 0) is 49.8 Å². The molecule has 2 fully saturated rings. The lowest BCUT2D eigenvalue weighted by Gasteiger charge is -2.31. The number of nitrogens with one attached hydrogen (secondary N) is 1. The molecule has 1 aromatic rings. The highest BCUT2D eigenvalue weighted by atomic mass is 32.2. The van der Waals surface area contributed by atoms with Crippen molar-refractivity contribution in [1.82, 2.24) is 9.62 Å². The van der Waals surface area contributed by atoms with Gasteiger partial charge in [0.25, 0.3) is 5.91 Å². The van der Waals surface area contributed by atoms with E-state index in [0.717, 1.165) is 25.7 Å². The van der Waals surface area contributed by atoms with Gasteiger partial charge < -0.3 is 5.32 Å². The molecule has 1 heterocycles. The van der Waals surface area contributed by atoms with Gasteiger partial charge in [-0.25, -0.2) is 12.7 Å². The van der Waals surface area contributed by atoms with E-state index >= 15 is 0 Å². The van der Waals surface area contributed by atoms with Gasteiger partial charge in [0.2, 0.25) is 10.0 Å². The topological polar surface area (TPSA) is 90.3 Å². The Bertz CT molecular complexity index is 758. The third-order valence-electron chi connectivity index (χ3n) is 4.68. The summed E-state index contributed by atoms with van der Waals surface area (Å²) in [6, 6.07) is 8.62. The maximum Gasteiger partial charge on any atom is 0.251 e. The lowest BCUT2D eigenvalue weighted by atomic mass is 9.98. The van der Waals surface area contributed by atoms with Crippen molar-refractivity contribution >= 4 is 15.9 Å². The number of hydrogen-bond donors (Lipinski definition) is 1. The molecule has 0 aromatic heterocycles. The van der Waals surface area contributed by atoms with Crippen LogP contribution >= 0.6 is 0 Å². The van der Waals surface area contributed by atoms with Gasteiger partial charge in [-0.3, -0.25) is 4.79 Å². The van der Waals surface area contributed by atoms with Crippen LogP contribution in [-0.4, -0.2) is 43.5 Å². The van der Waals surface area contributed by atoms with E-state index in [0.29, 0.717) is 36.7 Å². The summed E-state index contributed by atoms with van der Waals surface area (Å²) in [4.78, 5) is 12.1. The summed E-state index contributed by atoms with van der Waals surface area (Å²) in [5.74, 6) is 0.0962. The van der Waals surface area contributed by atoms with Gasteiger partial charge in [-0.1, -0.05) is 6.07 Å². The molecule has 128 valence electrons. The summed E-state index contributed by atoms with van der Waals surface area (Å²) in [6.45, 7) is 1.62. The van der Waals surface area contributed by atoms with Crippen LogP contribution in [0.2, 0.25) is 0 Å². The van der Waals surface area contributed by atoms with Crippen molar-refractivity contribution in [3.63, 3.8) is 0 Å². The molecular formula is C17H21N3O3S. The summed E-state index contributed by atoms with van der Waals surface area (Å²) in [7, 11) is -3.08. The summed E-state index contributed by atoms with van der Waals surface area (Å²) in [5.41, 5.74) is 0.934. The molecule has 0 spiro atoms. The van der Waals surface area contributed by atoms with Crippen molar-refractivity contribution in [2.75, 3.05) is 19.6 Å². The zero-order chi connectivity index (χ0) is 17.2. The van der Waals surface area contributed by atoms with Gasteiger partial charge in [0.15, 0.2) is 0 Å². The van der Waals surface area contributed by atoms with Crippen LogP contribution in [0.4, 0.5) is 0 Å². The molecule has 1 aliphatic heterocycles. The van der Waals surface area contributed by atoms with Gasteiger partial charge >= 0.3 is 0 Å². The van der Waals surface area contributed by atoms with Crippen molar-refractivity contribution in [3.8, 4) is 6.07 Å². The quantitative estimate of drug-likeness (QED) is 0.874. The first kappa shape index (κ1) is 16.9. The average Bonchev–Trinajstić information content (AvgIpc) is 3.45. The molecule has 0 radical (unpaired) electrons. The van der Waals surface area contributed by atoms with Crippen molar-refractivity contribution in [2.45, 2.75) is 30.9 Å². The fraction of sp³-hybridized carbons (Fsp3) is 0.529. The maximum absolute atomic E-state index is 12.2. The Hall–Kier alpha value is -1.91. The van der Waals surface area contributed by atoms with E-state index in [9.17, 15) is 13.2 Å². The van der Waals surface area contributed by atoms with Gasteiger partial charge in [0, 0.05) is 25.2 Å². The fourth-order valence-corrected chi connectivity index (χ4v) is 4.89. The second kappa shape index (κ2) is 6.91. The SMILES string of the molecule is N#Cc1cccc(C(=O)NCC2CCN(S(=O)(=O)C3CC3)CC2)c1. The molecule has 2 aliphatic rings. The number of piperidine rings is 1. The molecule has 24 heavy (non-hydrogen) atoms. The van der Waals surface area contributed by atoms with Crippen molar-refractivity contribution in [2.24, 2.45) is 5.92 Å². The zero-order valence-electron chi connectivity index (χ0n) is 13.4. The second-order valence-corrected chi connectivity index (χ2v) is 8.70. The second-order valence-electron chi connectivity index (χ2n) is 6.49. The summed E-state index contributed by atoms with van der Waals surface area (Å²) < 4.78 is 26.0. The molecule has 0 atom stereocenters. The summed E-state index contributed by atoms with van der Waals surface area (Å²) in [6.07, 6.45) is 3.12. The molecule has 1 aliphatic carbocycles. The first-order chi connectivity index (χ1) is 11.5. The predicted octanol–water partition coefficient (Wildman–Crippen LogP) is 1.49. The Balaban J connectivity index is 1.48. The van der Waals surface area contributed by atoms with Crippen LogP contribution in [-0.2, 0) is 10.0 Å². The van der Waals surface area contributed by atoms with Crippen molar-refractivity contribution in [1.29, 1.82) is 5.26 Å².